The van der Waals surface area contributed by atoms with Gasteiger partial charge in [0, 0.05) is 0 Å². The lowest BCUT2D eigenvalue weighted by molar-refractivity contribution is -0.129. The molecule has 0 aliphatic heterocycles. The zero-order valence-electron chi connectivity index (χ0n) is 11.5. The largest absolute Gasteiger partial charge is 0.513 e. The molecule has 0 bridgehead atoms. The zero-order valence-corrected chi connectivity index (χ0v) is 11.5. The van der Waals surface area contributed by atoms with Gasteiger partial charge in [0.2, 0.25) is 0 Å². The van der Waals surface area contributed by atoms with E-state index in [1.54, 1.807) is 31.2 Å². The van der Waals surface area contributed by atoms with E-state index in [0.29, 0.717) is 18.6 Å². The second-order valence-corrected chi connectivity index (χ2v) is 5.00. The molecule has 1 aliphatic rings. The van der Waals surface area contributed by atoms with Gasteiger partial charge in [-0.3, -0.25) is 4.79 Å². The first-order chi connectivity index (χ1) is 9.62. The number of carbonyl (C=O) groups excluding carboxylic acids is 2. The number of hydrogen-bond acceptors (Lipinski definition) is 4. The molecule has 4 heteroatoms. The summed E-state index contributed by atoms with van der Waals surface area (Å²) in [7, 11) is 0. The topological polar surface area (TPSA) is 52.6 Å². The molecule has 0 fully saturated rings. The Labute approximate surface area is 118 Å². The van der Waals surface area contributed by atoms with Crippen LogP contribution >= 0.6 is 0 Å². The number of carbonyl (C=O) groups is 2. The van der Waals surface area contributed by atoms with Crippen LogP contribution in [0.4, 0.5) is 4.79 Å². The lowest BCUT2D eigenvalue weighted by Crippen LogP contribution is -2.36. The Morgan fingerprint density at radius 1 is 1.20 bits per heavy atom. The number of allylic oxidation sites excluding steroid dienone is 2. The molecule has 0 heterocycles. The number of rotatable bonds is 4. The third-order valence-electron chi connectivity index (χ3n) is 3.62. The smallest absolute Gasteiger partial charge is 0.433 e. The van der Waals surface area contributed by atoms with E-state index in [1.165, 1.54) is 0 Å². The molecule has 2 rings (SSSR count). The van der Waals surface area contributed by atoms with Crippen LogP contribution in [0, 0.1) is 5.41 Å². The molecule has 0 aromatic heterocycles. The minimum atomic E-state index is -0.772. The molecule has 1 aromatic carbocycles. The second kappa shape index (κ2) is 6.37. The molecule has 106 valence electrons. The van der Waals surface area contributed by atoms with E-state index >= 15 is 0 Å². The average Bonchev–Trinajstić information content (AvgIpc) is 2.47. The van der Waals surface area contributed by atoms with Gasteiger partial charge >= 0.3 is 6.16 Å². The molecule has 0 spiro atoms. The summed E-state index contributed by atoms with van der Waals surface area (Å²) < 4.78 is 10.2. The van der Waals surface area contributed by atoms with Crippen LogP contribution < -0.4 is 4.74 Å². The van der Waals surface area contributed by atoms with Gasteiger partial charge in [-0.05, 0) is 38.3 Å². The number of ether oxygens (including phenoxy) is 2. The first kappa shape index (κ1) is 14.3. The summed E-state index contributed by atoms with van der Waals surface area (Å²) in [4.78, 5) is 23.5. The van der Waals surface area contributed by atoms with Crippen LogP contribution in [0.15, 0.2) is 42.5 Å². The van der Waals surface area contributed by atoms with Gasteiger partial charge in [0.1, 0.15) is 18.1 Å². The van der Waals surface area contributed by atoms with Crippen molar-refractivity contribution in [3.8, 4) is 5.75 Å². The molecular formula is C16H18O4. The first-order valence-electron chi connectivity index (χ1n) is 6.68. The normalized spacial score (nSPS) is 21.2. The first-order valence-corrected chi connectivity index (χ1v) is 6.68. The second-order valence-electron chi connectivity index (χ2n) is 5.00. The lowest BCUT2D eigenvalue weighted by atomic mass is 9.75. The number of ketones is 1. The molecule has 1 aliphatic carbocycles. The molecule has 0 N–H and O–H groups in total. The van der Waals surface area contributed by atoms with Gasteiger partial charge in [0.25, 0.3) is 0 Å². The molecule has 4 nitrogen and oxygen atoms in total. The SMILES string of the molecule is CC(=O)C1(COC(=O)Oc2ccccc2)CC=CCC1. The number of benzene rings is 1. The quantitative estimate of drug-likeness (QED) is 0.479. The van der Waals surface area contributed by atoms with Gasteiger partial charge in [0.15, 0.2) is 0 Å². The standard InChI is InChI=1S/C16H18O4/c1-13(17)16(10-6-3-7-11-16)12-19-15(18)20-14-8-4-2-5-9-14/h2-6,8-9H,7,10-12H2,1H3. The minimum Gasteiger partial charge on any atom is -0.433 e. The van der Waals surface area contributed by atoms with Crippen LogP contribution in [0.5, 0.6) is 5.75 Å². The van der Waals surface area contributed by atoms with Crippen molar-refractivity contribution in [1.29, 1.82) is 0 Å². The zero-order chi connectivity index (χ0) is 14.4. The average molecular weight is 274 g/mol. The molecule has 1 aromatic rings. The summed E-state index contributed by atoms with van der Waals surface area (Å²) >= 11 is 0. The Bertz CT molecular complexity index is 506. The highest BCUT2D eigenvalue weighted by Gasteiger charge is 2.36. The Morgan fingerprint density at radius 2 is 1.95 bits per heavy atom. The van der Waals surface area contributed by atoms with Crippen molar-refractivity contribution in [3.63, 3.8) is 0 Å². The number of Topliss-reactive ketones (excluding diaryl/α,β-unsaturated/α-hetero) is 1. The summed E-state index contributed by atoms with van der Waals surface area (Å²) in [5, 5.41) is 0. The van der Waals surface area contributed by atoms with Crippen LogP contribution in [-0.4, -0.2) is 18.5 Å². The monoisotopic (exact) mass is 274 g/mol. The van der Waals surface area contributed by atoms with Gasteiger partial charge < -0.3 is 9.47 Å². The van der Waals surface area contributed by atoms with Gasteiger partial charge in [-0.25, -0.2) is 4.79 Å². The van der Waals surface area contributed by atoms with Crippen LogP contribution in [0.3, 0.4) is 0 Å². The summed E-state index contributed by atoms with van der Waals surface area (Å²) in [6, 6.07) is 8.71. The molecule has 0 amide bonds. The molecule has 1 atom stereocenters. The van der Waals surface area contributed by atoms with Crippen LogP contribution in [0.25, 0.3) is 0 Å². The molecule has 0 radical (unpaired) electrons. The van der Waals surface area contributed by atoms with Gasteiger partial charge in [0.05, 0.1) is 5.41 Å². The molecular weight excluding hydrogens is 256 g/mol. The third-order valence-corrected chi connectivity index (χ3v) is 3.62. The highest BCUT2D eigenvalue weighted by Crippen LogP contribution is 2.34. The molecule has 0 saturated heterocycles. The summed E-state index contributed by atoms with van der Waals surface area (Å²) in [5.41, 5.74) is -0.593. The van der Waals surface area contributed by atoms with Crippen molar-refractivity contribution in [2.45, 2.75) is 26.2 Å². The van der Waals surface area contributed by atoms with Crippen molar-refractivity contribution < 1.29 is 19.1 Å². The lowest BCUT2D eigenvalue weighted by Gasteiger charge is -2.31. The number of para-hydroxylation sites is 1. The number of hydrogen-bond donors (Lipinski definition) is 0. The van der Waals surface area contributed by atoms with E-state index in [9.17, 15) is 9.59 Å². The van der Waals surface area contributed by atoms with E-state index in [-0.39, 0.29) is 12.4 Å². The van der Waals surface area contributed by atoms with Crippen molar-refractivity contribution in [2.24, 2.45) is 5.41 Å². The maximum absolute atomic E-state index is 11.8. The van der Waals surface area contributed by atoms with Crippen LogP contribution in [0.1, 0.15) is 26.2 Å². The van der Waals surface area contributed by atoms with E-state index in [1.807, 2.05) is 18.2 Å². The van der Waals surface area contributed by atoms with E-state index in [4.69, 9.17) is 9.47 Å². The molecule has 0 saturated carbocycles. The summed E-state index contributed by atoms with van der Waals surface area (Å²) in [6.45, 7) is 1.61. The molecule has 20 heavy (non-hydrogen) atoms. The minimum absolute atomic E-state index is 0.0503. The van der Waals surface area contributed by atoms with E-state index in [0.717, 1.165) is 6.42 Å². The Hall–Kier alpha value is -2.10. The highest BCUT2D eigenvalue weighted by molar-refractivity contribution is 5.83. The molecule has 1 unspecified atom stereocenters. The van der Waals surface area contributed by atoms with Gasteiger partial charge in [-0.2, -0.15) is 0 Å². The van der Waals surface area contributed by atoms with Crippen LogP contribution in [-0.2, 0) is 9.53 Å². The Kier molecular flexibility index (Phi) is 4.56. The van der Waals surface area contributed by atoms with Gasteiger partial charge in [-0.1, -0.05) is 30.4 Å². The summed E-state index contributed by atoms with van der Waals surface area (Å²) in [5.74, 6) is 0.479. The predicted octanol–water partition coefficient (Wildman–Crippen LogP) is 3.52. The van der Waals surface area contributed by atoms with Crippen molar-refractivity contribution >= 4 is 11.9 Å². The Balaban J connectivity index is 1.91. The fraction of sp³-hybridized carbons (Fsp3) is 0.375. The fourth-order valence-electron chi connectivity index (χ4n) is 2.25. The van der Waals surface area contributed by atoms with Crippen molar-refractivity contribution in [3.05, 3.63) is 42.5 Å². The van der Waals surface area contributed by atoms with E-state index < -0.39 is 11.6 Å². The van der Waals surface area contributed by atoms with E-state index in [2.05, 4.69) is 0 Å². The third kappa shape index (κ3) is 3.47. The van der Waals surface area contributed by atoms with Gasteiger partial charge in [-0.15, -0.1) is 0 Å². The Morgan fingerprint density at radius 3 is 2.55 bits per heavy atom. The van der Waals surface area contributed by atoms with Crippen molar-refractivity contribution in [2.75, 3.05) is 6.61 Å². The predicted molar refractivity (Wildman–Crippen MR) is 74.5 cm³/mol. The summed E-state index contributed by atoms with van der Waals surface area (Å²) in [6.07, 6.45) is 5.39. The fourth-order valence-corrected chi connectivity index (χ4v) is 2.25. The maximum Gasteiger partial charge on any atom is 0.513 e. The highest BCUT2D eigenvalue weighted by atomic mass is 16.7. The van der Waals surface area contributed by atoms with Crippen LogP contribution in [0.2, 0.25) is 0 Å². The van der Waals surface area contributed by atoms with Crippen molar-refractivity contribution in [1.82, 2.24) is 0 Å². The maximum atomic E-state index is 11.8.